The maximum Gasteiger partial charge on any atom is 0.337 e. The number of carbonyl (C=O) groups excluding carboxylic acids is 3. The van der Waals surface area contributed by atoms with E-state index in [9.17, 15) is 19.5 Å². The summed E-state index contributed by atoms with van der Waals surface area (Å²) < 4.78 is 10.2. The number of hydrogen-bond acceptors (Lipinski definition) is 6. The monoisotopic (exact) mass is 506 g/mol. The van der Waals surface area contributed by atoms with Crippen molar-refractivity contribution in [2.45, 2.75) is 19.5 Å². The first kappa shape index (κ1) is 24.9. The molecule has 0 bridgehead atoms. The molecule has 36 heavy (non-hydrogen) atoms. The summed E-state index contributed by atoms with van der Waals surface area (Å²) in [7, 11) is 1.27. The molecule has 1 aromatic heterocycles. The van der Waals surface area contributed by atoms with Gasteiger partial charge in [0.2, 0.25) is 5.78 Å². The van der Waals surface area contributed by atoms with Crippen molar-refractivity contribution in [1.29, 1.82) is 0 Å². The van der Waals surface area contributed by atoms with Gasteiger partial charge in [0, 0.05) is 17.2 Å². The van der Waals surface area contributed by atoms with Gasteiger partial charge >= 0.3 is 5.97 Å². The third-order valence-electron chi connectivity index (χ3n) is 5.80. The largest absolute Gasteiger partial charge is 0.872 e. The summed E-state index contributed by atoms with van der Waals surface area (Å²) in [5.74, 6) is -2.40. The van der Waals surface area contributed by atoms with Crippen LogP contribution in [-0.4, -0.2) is 36.3 Å². The number of ether oxygens (including phenoxy) is 2. The van der Waals surface area contributed by atoms with Gasteiger partial charge in [0.05, 0.1) is 36.9 Å². The minimum Gasteiger partial charge on any atom is -0.872 e. The Kier molecular flexibility index (Phi) is 7.36. The Balaban J connectivity index is 1.83. The van der Waals surface area contributed by atoms with Gasteiger partial charge in [-0.05, 0) is 48.4 Å². The van der Waals surface area contributed by atoms with Crippen molar-refractivity contribution in [1.82, 2.24) is 4.90 Å². The Labute approximate surface area is 212 Å². The molecule has 1 aliphatic rings. The van der Waals surface area contributed by atoms with Gasteiger partial charge in [-0.2, -0.15) is 0 Å². The fourth-order valence-corrected chi connectivity index (χ4v) is 4.33. The number of benzene rings is 2. The van der Waals surface area contributed by atoms with E-state index in [4.69, 9.17) is 21.1 Å². The van der Waals surface area contributed by atoms with Crippen molar-refractivity contribution in [3.8, 4) is 5.75 Å². The Morgan fingerprint density at radius 3 is 2.44 bits per heavy atom. The quantitative estimate of drug-likeness (QED) is 0.211. The second-order valence-electron chi connectivity index (χ2n) is 8.01. The molecule has 0 radical (unpaired) electrons. The average molecular weight is 507 g/mol. The van der Waals surface area contributed by atoms with Crippen molar-refractivity contribution >= 4 is 35.0 Å². The number of pyridine rings is 1. The summed E-state index contributed by atoms with van der Waals surface area (Å²) in [6.07, 6.45) is 3.43. The number of amides is 1. The number of hydrogen-bond donors (Lipinski definition) is 0. The highest BCUT2D eigenvalue weighted by molar-refractivity contribution is 6.46. The van der Waals surface area contributed by atoms with Crippen molar-refractivity contribution in [2.75, 3.05) is 13.7 Å². The Morgan fingerprint density at radius 1 is 1.11 bits per heavy atom. The number of Topliss-reactive ketones (excluding diaryl/α,β-unsaturated/α-hetero) is 1. The van der Waals surface area contributed by atoms with Crippen molar-refractivity contribution < 1.29 is 33.9 Å². The number of carbonyl (C=O) groups is 3. The third-order valence-corrected chi connectivity index (χ3v) is 6.09. The first-order chi connectivity index (χ1) is 17.3. The van der Waals surface area contributed by atoms with Crippen LogP contribution in [0.25, 0.3) is 5.76 Å². The number of likely N-dealkylation sites (tertiary alicyclic amines) is 1. The molecule has 1 N–H and O–H groups in total. The Hall–Kier alpha value is -4.17. The van der Waals surface area contributed by atoms with Gasteiger partial charge in [-0.15, -0.1) is 0 Å². The molecule has 8 nitrogen and oxygen atoms in total. The van der Waals surface area contributed by atoms with Crippen molar-refractivity contribution in [2.24, 2.45) is 0 Å². The zero-order valence-corrected chi connectivity index (χ0v) is 20.4. The number of nitrogens with zero attached hydrogens (tertiary/aromatic N) is 1. The predicted molar refractivity (Wildman–Crippen MR) is 129 cm³/mol. The molecule has 2 aromatic carbocycles. The van der Waals surface area contributed by atoms with Crippen LogP contribution in [0.15, 0.2) is 72.6 Å². The molecule has 1 fully saturated rings. The van der Waals surface area contributed by atoms with Crippen LogP contribution in [0.5, 0.6) is 5.75 Å². The molecule has 2 heterocycles. The van der Waals surface area contributed by atoms with Gasteiger partial charge in [-0.3, -0.25) is 9.59 Å². The number of methoxy groups -OCH3 is 1. The zero-order valence-electron chi connectivity index (χ0n) is 19.6. The molecule has 1 unspecified atom stereocenters. The number of aromatic nitrogens is 1. The van der Waals surface area contributed by atoms with E-state index < -0.39 is 29.5 Å². The fourth-order valence-electron chi connectivity index (χ4n) is 4.09. The number of esters is 1. The van der Waals surface area contributed by atoms with E-state index in [0.717, 1.165) is 5.56 Å². The van der Waals surface area contributed by atoms with E-state index in [1.807, 2.05) is 6.92 Å². The highest BCUT2D eigenvalue weighted by atomic mass is 35.5. The van der Waals surface area contributed by atoms with Gasteiger partial charge in [-0.25, -0.2) is 9.78 Å². The molecule has 9 heteroatoms. The first-order valence-electron chi connectivity index (χ1n) is 11.2. The predicted octanol–water partition coefficient (Wildman–Crippen LogP) is 2.76. The first-order valence-corrected chi connectivity index (χ1v) is 11.6. The highest BCUT2D eigenvalue weighted by Gasteiger charge is 2.44. The molecular weight excluding hydrogens is 484 g/mol. The van der Waals surface area contributed by atoms with Crippen LogP contribution in [0, 0.1) is 0 Å². The average Bonchev–Trinajstić information content (AvgIpc) is 3.14. The van der Waals surface area contributed by atoms with Gasteiger partial charge in [0.1, 0.15) is 5.75 Å². The molecule has 0 saturated carbocycles. The number of H-pyrrole nitrogens is 1. The van der Waals surface area contributed by atoms with Crippen LogP contribution in [-0.2, 0) is 20.9 Å². The summed E-state index contributed by atoms with van der Waals surface area (Å²) in [6.45, 7) is 2.29. The van der Waals surface area contributed by atoms with Crippen molar-refractivity contribution in [3.05, 3.63) is 99.8 Å². The van der Waals surface area contributed by atoms with Crippen LogP contribution >= 0.6 is 11.6 Å². The smallest absolute Gasteiger partial charge is 0.337 e. The van der Waals surface area contributed by atoms with Gasteiger partial charge in [-0.1, -0.05) is 35.6 Å². The van der Waals surface area contributed by atoms with Crippen LogP contribution < -0.4 is 14.8 Å². The second-order valence-corrected chi connectivity index (χ2v) is 8.42. The molecule has 184 valence electrons. The second kappa shape index (κ2) is 10.6. The number of halogens is 1. The molecule has 1 atom stereocenters. The van der Waals surface area contributed by atoms with E-state index in [1.54, 1.807) is 42.7 Å². The zero-order chi connectivity index (χ0) is 25.8. The van der Waals surface area contributed by atoms with Gasteiger partial charge < -0.3 is 19.5 Å². The van der Waals surface area contributed by atoms with Crippen LogP contribution in [0.1, 0.15) is 40.0 Å². The number of nitrogens with one attached hydrogen (secondary N) is 1. The lowest BCUT2D eigenvalue weighted by atomic mass is 9.94. The topological polar surface area (TPSA) is 110 Å². The molecule has 0 aliphatic carbocycles. The summed E-state index contributed by atoms with van der Waals surface area (Å²) >= 11 is 6.28. The number of aromatic amines is 1. The van der Waals surface area contributed by atoms with Crippen LogP contribution in [0.2, 0.25) is 5.02 Å². The molecule has 3 aromatic rings. The highest BCUT2D eigenvalue weighted by Crippen LogP contribution is 2.40. The lowest BCUT2D eigenvalue weighted by Crippen LogP contribution is -2.29. The van der Waals surface area contributed by atoms with Crippen LogP contribution in [0.4, 0.5) is 0 Å². The number of rotatable bonds is 7. The van der Waals surface area contributed by atoms with E-state index >= 15 is 0 Å². The Bertz CT molecular complexity index is 1340. The normalized spacial score (nSPS) is 16.8. The maximum absolute atomic E-state index is 13.6. The lowest BCUT2D eigenvalue weighted by molar-refractivity contribution is -0.378. The summed E-state index contributed by atoms with van der Waals surface area (Å²) in [5, 5.41) is 13.8. The number of ketones is 1. The molecule has 0 spiro atoms. The maximum atomic E-state index is 13.6. The molecule has 1 saturated heterocycles. The third kappa shape index (κ3) is 4.81. The minimum atomic E-state index is -0.963. The van der Waals surface area contributed by atoms with E-state index in [2.05, 4.69) is 4.98 Å². The molecule has 4 rings (SSSR count). The summed E-state index contributed by atoms with van der Waals surface area (Å²) in [5.41, 5.74) is 1.51. The van der Waals surface area contributed by atoms with Gasteiger partial charge in [0.25, 0.3) is 5.91 Å². The molecule has 1 aliphatic heterocycles. The van der Waals surface area contributed by atoms with Crippen LogP contribution in [0.3, 0.4) is 0 Å². The Morgan fingerprint density at radius 2 is 1.83 bits per heavy atom. The van der Waals surface area contributed by atoms with E-state index in [-0.39, 0.29) is 22.7 Å². The van der Waals surface area contributed by atoms with E-state index in [0.29, 0.717) is 23.5 Å². The lowest BCUT2D eigenvalue weighted by Gasteiger charge is -2.27. The van der Waals surface area contributed by atoms with E-state index in [1.165, 1.54) is 36.3 Å². The van der Waals surface area contributed by atoms with Crippen molar-refractivity contribution in [3.63, 3.8) is 0 Å². The fraction of sp³-hybridized carbons (Fsp3) is 0.185. The molecule has 1 amide bonds. The summed E-state index contributed by atoms with van der Waals surface area (Å²) in [4.78, 5) is 42.5. The summed E-state index contributed by atoms with van der Waals surface area (Å²) in [6, 6.07) is 13.4. The SMILES string of the molecule is CCOc1ccc(C([O-])=C2C(=O)C(=O)N(Cc3ccc[nH+]c3)C2c2ccc(C(=O)OC)cc2)cc1Cl. The van der Waals surface area contributed by atoms with Gasteiger partial charge in [0.15, 0.2) is 12.4 Å². The molecular formula is C27H23ClN2O6. The minimum absolute atomic E-state index is 0.0894. The standard InChI is InChI=1S/C27H23ClN2O6/c1-3-36-21-11-10-19(13-20(21)28)24(31)22-23(17-6-8-18(9-7-17)27(34)35-2)30(26(33)25(22)32)15-16-5-4-12-29-14-16/h4-14,23,31H,3,15H2,1-2H3.